The van der Waals surface area contributed by atoms with Crippen LogP contribution in [0.2, 0.25) is 0 Å². The van der Waals surface area contributed by atoms with Crippen molar-refractivity contribution in [1.29, 1.82) is 0 Å². The maximum Gasteiger partial charge on any atom is 0.387 e. The number of rotatable bonds is 5. The van der Waals surface area contributed by atoms with Crippen molar-refractivity contribution in [3.05, 3.63) is 29.8 Å². The molecule has 0 aliphatic carbocycles. The van der Waals surface area contributed by atoms with Crippen LogP contribution in [-0.4, -0.2) is 6.61 Å². The lowest BCUT2D eigenvalue weighted by Gasteiger charge is -2.05. The van der Waals surface area contributed by atoms with E-state index >= 15 is 0 Å². The molecule has 1 aromatic rings. The first-order valence-corrected chi connectivity index (χ1v) is 4.76. The molecule has 1 aromatic carbocycles. The van der Waals surface area contributed by atoms with E-state index in [1.54, 1.807) is 12.1 Å². The number of unbranched alkanes of at least 4 members (excludes halogenated alkanes) is 1. The van der Waals surface area contributed by atoms with Crippen LogP contribution in [0, 0.1) is 0 Å². The minimum Gasteiger partial charge on any atom is -0.435 e. The van der Waals surface area contributed by atoms with Crippen LogP contribution in [0.15, 0.2) is 24.3 Å². The van der Waals surface area contributed by atoms with Crippen LogP contribution in [0.4, 0.5) is 8.78 Å². The summed E-state index contributed by atoms with van der Waals surface area (Å²) in [5.41, 5.74) is 1.16. The summed E-state index contributed by atoms with van der Waals surface area (Å²) in [7, 11) is 0. The van der Waals surface area contributed by atoms with Crippen LogP contribution in [0.1, 0.15) is 26.8 Å². The molecule has 0 aliphatic heterocycles. The van der Waals surface area contributed by atoms with E-state index in [-0.39, 0.29) is 7.18 Å². The Hall–Kier alpha value is -1.12. The third kappa shape index (κ3) is 3.73. The summed E-state index contributed by atoms with van der Waals surface area (Å²) in [6, 6.07) is 6.81. The molecule has 0 unspecified atom stereocenters. The summed E-state index contributed by atoms with van der Waals surface area (Å²) >= 11 is 0. The molecule has 0 saturated heterocycles. The van der Waals surface area contributed by atoms with Gasteiger partial charge < -0.3 is 4.74 Å². The highest BCUT2D eigenvalue weighted by molar-refractivity contribution is 5.27. The first-order chi connectivity index (χ1) is 6.72. The highest BCUT2D eigenvalue weighted by Gasteiger charge is 2.03. The van der Waals surface area contributed by atoms with E-state index in [4.69, 9.17) is 0 Å². The number of alkyl halides is 2. The Bertz CT molecular complexity index is 262. The molecule has 0 atom stereocenters. The van der Waals surface area contributed by atoms with Gasteiger partial charge in [0.25, 0.3) is 0 Å². The van der Waals surface area contributed by atoms with Crippen LogP contribution >= 0.6 is 0 Å². The Morgan fingerprint density at radius 2 is 1.93 bits per heavy atom. The van der Waals surface area contributed by atoms with Gasteiger partial charge in [-0.15, -0.1) is 0 Å². The minimum atomic E-state index is -2.74. The largest absolute Gasteiger partial charge is 0.435 e. The Balaban J connectivity index is 0.00000196. The SMILES string of the molecule is CCCCc1ccc(OC(F)F)cc1.[HH]. The van der Waals surface area contributed by atoms with Crippen LogP contribution < -0.4 is 4.74 Å². The Morgan fingerprint density at radius 3 is 2.43 bits per heavy atom. The van der Waals surface area contributed by atoms with Crippen molar-refractivity contribution in [3.63, 3.8) is 0 Å². The van der Waals surface area contributed by atoms with Gasteiger partial charge in [-0.2, -0.15) is 8.78 Å². The third-order valence-corrected chi connectivity index (χ3v) is 1.97. The predicted molar refractivity (Wildman–Crippen MR) is 53.8 cm³/mol. The van der Waals surface area contributed by atoms with Crippen LogP contribution in [0.5, 0.6) is 5.75 Å². The fourth-order valence-corrected chi connectivity index (χ4v) is 1.22. The second-order valence-electron chi connectivity index (χ2n) is 3.13. The van der Waals surface area contributed by atoms with Crippen molar-refractivity contribution >= 4 is 0 Å². The molecule has 0 heterocycles. The molecule has 0 amide bonds. The fourth-order valence-electron chi connectivity index (χ4n) is 1.22. The molecule has 0 bridgehead atoms. The summed E-state index contributed by atoms with van der Waals surface area (Å²) < 4.78 is 27.8. The molecule has 1 nitrogen and oxygen atoms in total. The molecule has 0 aromatic heterocycles. The van der Waals surface area contributed by atoms with Crippen molar-refractivity contribution in [2.75, 3.05) is 0 Å². The lowest BCUT2D eigenvalue weighted by Crippen LogP contribution is -2.01. The first kappa shape index (κ1) is 11.0. The van der Waals surface area contributed by atoms with Gasteiger partial charge in [0, 0.05) is 1.43 Å². The van der Waals surface area contributed by atoms with Crippen molar-refractivity contribution in [3.8, 4) is 5.75 Å². The lowest BCUT2D eigenvalue weighted by molar-refractivity contribution is -0.0498. The molecule has 80 valence electrons. The number of halogens is 2. The summed E-state index contributed by atoms with van der Waals surface area (Å²) in [6.45, 7) is -0.620. The lowest BCUT2D eigenvalue weighted by atomic mass is 10.1. The summed E-state index contributed by atoms with van der Waals surface area (Å²) in [5.74, 6) is 0.222. The quantitative estimate of drug-likeness (QED) is 0.704. The fraction of sp³-hybridized carbons (Fsp3) is 0.455. The Morgan fingerprint density at radius 1 is 1.29 bits per heavy atom. The molecule has 0 saturated carbocycles. The van der Waals surface area contributed by atoms with Crippen molar-refractivity contribution in [2.45, 2.75) is 32.8 Å². The highest BCUT2D eigenvalue weighted by atomic mass is 19.3. The zero-order chi connectivity index (χ0) is 10.4. The average Bonchev–Trinajstić information content (AvgIpc) is 2.16. The van der Waals surface area contributed by atoms with E-state index in [0.717, 1.165) is 24.8 Å². The molecule has 0 aliphatic rings. The van der Waals surface area contributed by atoms with Gasteiger partial charge in [0.1, 0.15) is 5.75 Å². The number of hydrogen-bond acceptors (Lipinski definition) is 1. The monoisotopic (exact) mass is 202 g/mol. The van der Waals surface area contributed by atoms with Crippen molar-refractivity contribution in [1.82, 2.24) is 0 Å². The van der Waals surface area contributed by atoms with E-state index in [1.807, 2.05) is 12.1 Å². The standard InChI is InChI=1S/C11H14F2O.H2/c1-2-3-4-9-5-7-10(8-6-9)14-11(12)13;/h5-8,11H,2-4H2,1H3;1H. The maximum absolute atomic E-state index is 11.8. The zero-order valence-electron chi connectivity index (χ0n) is 8.17. The van der Waals surface area contributed by atoms with Crippen molar-refractivity contribution < 1.29 is 14.9 Å². The molecular formula is C11H16F2O. The smallest absolute Gasteiger partial charge is 0.387 e. The van der Waals surface area contributed by atoms with Gasteiger partial charge in [-0.25, -0.2) is 0 Å². The van der Waals surface area contributed by atoms with E-state index < -0.39 is 6.61 Å². The number of benzene rings is 1. The topological polar surface area (TPSA) is 9.23 Å². The van der Waals surface area contributed by atoms with E-state index in [9.17, 15) is 8.78 Å². The summed E-state index contributed by atoms with van der Waals surface area (Å²) in [5, 5.41) is 0. The number of ether oxygens (including phenoxy) is 1. The normalized spacial score (nSPS) is 10.6. The van der Waals surface area contributed by atoms with E-state index in [2.05, 4.69) is 11.7 Å². The summed E-state index contributed by atoms with van der Waals surface area (Å²) in [6.07, 6.45) is 3.25. The van der Waals surface area contributed by atoms with E-state index in [1.165, 1.54) is 0 Å². The van der Waals surface area contributed by atoms with Gasteiger partial charge in [-0.3, -0.25) is 0 Å². The number of hydrogen-bond donors (Lipinski definition) is 0. The van der Waals surface area contributed by atoms with Gasteiger partial charge in [0.15, 0.2) is 0 Å². The Labute approximate surface area is 84.2 Å². The molecule has 0 radical (unpaired) electrons. The highest BCUT2D eigenvalue weighted by Crippen LogP contribution is 2.15. The maximum atomic E-state index is 11.8. The molecule has 1 rings (SSSR count). The van der Waals surface area contributed by atoms with Crippen molar-refractivity contribution in [2.24, 2.45) is 0 Å². The second kappa shape index (κ2) is 5.58. The van der Waals surface area contributed by atoms with E-state index in [0.29, 0.717) is 0 Å². The van der Waals surface area contributed by atoms with Gasteiger partial charge in [-0.1, -0.05) is 25.5 Å². The van der Waals surface area contributed by atoms with Crippen LogP contribution in [-0.2, 0) is 6.42 Å². The minimum absolute atomic E-state index is 0. The molecule has 0 fully saturated rings. The zero-order valence-corrected chi connectivity index (χ0v) is 8.17. The number of aryl methyl sites for hydroxylation is 1. The molecule has 0 N–H and O–H groups in total. The molecular weight excluding hydrogens is 186 g/mol. The molecule has 3 heteroatoms. The third-order valence-electron chi connectivity index (χ3n) is 1.97. The van der Waals surface area contributed by atoms with Gasteiger partial charge in [0.2, 0.25) is 0 Å². The molecule has 14 heavy (non-hydrogen) atoms. The van der Waals surface area contributed by atoms with Gasteiger partial charge in [0.05, 0.1) is 0 Å². The molecule has 0 spiro atoms. The van der Waals surface area contributed by atoms with Gasteiger partial charge >= 0.3 is 6.61 Å². The second-order valence-corrected chi connectivity index (χ2v) is 3.13. The van der Waals surface area contributed by atoms with Gasteiger partial charge in [-0.05, 0) is 30.5 Å². The predicted octanol–water partition coefficient (Wildman–Crippen LogP) is 3.88. The average molecular weight is 202 g/mol. The first-order valence-electron chi connectivity index (χ1n) is 4.76. The summed E-state index contributed by atoms with van der Waals surface area (Å²) in [4.78, 5) is 0. The van der Waals surface area contributed by atoms with Crippen LogP contribution in [0.25, 0.3) is 0 Å². The Kier molecular flexibility index (Phi) is 4.36. The van der Waals surface area contributed by atoms with Crippen LogP contribution in [0.3, 0.4) is 0 Å².